The van der Waals surface area contributed by atoms with E-state index in [0.717, 1.165) is 47.2 Å². The molecule has 0 unspecified atom stereocenters. The van der Waals surface area contributed by atoms with Crippen LogP contribution in [0, 0.1) is 13.8 Å². The van der Waals surface area contributed by atoms with Crippen molar-refractivity contribution in [2.45, 2.75) is 20.3 Å². The zero-order valence-corrected chi connectivity index (χ0v) is 13.2. The van der Waals surface area contributed by atoms with Crippen molar-refractivity contribution < 1.29 is 4.79 Å². The maximum absolute atomic E-state index is 12.4. The Morgan fingerprint density at radius 1 is 1.24 bits per heavy atom. The van der Waals surface area contributed by atoms with E-state index >= 15 is 0 Å². The average molecular weight is 301 g/mol. The van der Waals surface area contributed by atoms with Gasteiger partial charge in [0.15, 0.2) is 0 Å². The van der Waals surface area contributed by atoms with E-state index in [1.807, 2.05) is 65.5 Å². The molecular formula is C16H19N3OS. The van der Waals surface area contributed by atoms with Gasteiger partial charge in [-0.2, -0.15) is 5.10 Å². The van der Waals surface area contributed by atoms with Crippen molar-refractivity contribution in [3.8, 4) is 5.69 Å². The Hall–Kier alpha value is -1.75. The summed E-state index contributed by atoms with van der Waals surface area (Å²) in [5.74, 6) is 2.08. The van der Waals surface area contributed by atoms with Gasteiger partial charge < -0.3 is 4.90 Å². The summed E-state index contributed by atoms with van der Waals surface area (Å²) in [5.41, 5.74) is 3.84. The van der Waals surface area contributed by atoms with Gasteiger partial charge >= 0.3 is 0 Å². The molecule has 1 aromatic heterocycles. The Kier molecular flexibility index (Phi) is 4.01. The number of carbonyl (C=O) groups is 1. The van der Waals surface area contributed by atoms with Crippen molar-refractivity contribution in [1.82, 2.24) is 14.7 Å². The highest BCUT2D eigenvalue weighted by molar-refractivity contribution is 7.99. The predicted molar refractivity (Wildman–Crippen MR) is 86.0 cm³/mol. The van der Waals surface area contributed by atoms with E-state index in [1.165, 1.54) is 0 Å². The molecule has 0 saturated carbocycles. The molecule has 2 heterocycles. The van der Waals surface area contributed by atoms with Crippen LogP contribution in [-0.2, 0) is 0 Å². The number of thioether (sulfide) groups is 1. The number of aryl methyl sites for hydroxylation is 2. The number of nitrogens with zero attached hydrogens (tertiary/aromatic N) is 3. The van der Waals surface area contributed by atoms with E-state index < -0.39 is 0 Å². The third-order valence-electron chi connectivity index (χ3n) is 3.62. The Bertz CT molecular complexity index is 642. The predicted octanol–water partition coefficient (Wildman–Crippen LogP) is 3.03. The number of benzene rings is 1. The number of amides is 1. The average Bonchev–Trinajstić information content (AvgIpc) is 2.86. The Labute approximate surface area is 129 Å². The lowest BCUT2D eigenvalue weighted by molar-refractivity contribution is 0.0782. The van der Waals surface area contributed by atoms with Gasteiger partial charge in [-0.15, -0.1) is 11.8 Å². The number of rotatable bonds is 2. The van der Waals surface area contributed by atoms with Crippen molar-refractivity contribution in [2.24, 2.45) is 0 Å². The van der Waals surface area contributed by atoms with E-state index in [0.29, 0.717) is 0 Å². The monoisotopic (exact) mass is 301 g/mol. The standard InChI is InChI=1S/C16H19N3OS/c1-12-10-13(2)19(17-12)15-6-4-14(5-7-15)16(20)18-8-3-9-21-11-18/h4-7,10H,3,8-9,11H2,1-2H3. The fourth-order valence-corrected chi connectivity index (χ4v) is 3.50. The van der Waals surface area contributed by atoms with Gasteiger partial charge in [-0.05, 0) is 56.4 Å². The highest BCUT2D eigenvalue weighted by Crippen LogP contribution is 2.18. The van der Waals surface area contributed by atoms with Crippen LogP contribution < -0.4 is 0 Å². The number of hydrogen-bond acceptors (Lipinski definition) is 3. The summed E-state index contributed by atoms with van der Waals surface area (Å²) in [6, 6.07) is 9.76. The first kappa shape index (κ1) is 14.2. The quantitative estimate of drug-likeness (QED) is 0.856. The molecule has 1 fully saturated rings. The molecule has 1 saturated heterocycles. The first-order valence-corrected chi connectivity index (χ1v) is 8.31. The van der Waals surface area contributed by atoms with Crippen molar-refractivity contribution >= 4 is 17.7 Å². The van der Waals surface area contributed by atoms with Gasteiger partial charge in [0.25, 0.3) is 5.91 Å². The van der Waals surface area contributed by atoms with Crippen LogP contribution in [0.4, 0.5) is 0 Å². The highest BCUT2D eigenvalue weighted by atomic mass is 32.2. The molecule has 4 nitrogen and oxygen atoms in total. The van der Waals surface area contributed by atoms with E-state index in [4.69, 9.17) is 0 Å². The SMILES string of the molecule is Cc1cc(C)n(-c2ccc(C(=O)N3CCCSC3)cc2)n1. The van der Waals surface area contributed by atoms with Crippen molar-refractivity contribution in [3.63, 3.8) is 0 Å². The highest BCUT2D eigenvalue weighted by Gasteiger charge is 2.18. The van der Waals surface area contributed by atoms with Crippen molar-refractivity contribution in [2.75, 3.05) is 18.2 Å². The van der Waals surface area contributed by atoms with E-state index in [-0.39, 0.29) is 5.91 Å². The molecule has 3 rings (SSSR count). The van der Waals surface area contributed by atoms with Gasteiger partial charge in [-0.1, -0.05) is 0 Å². The fraction of sp³-hybridized carbons (Fsp3) is 0.375. The molecule has 0 atom stereocenters. The molecule has 1 aliphatic rings. The van der Waals surface area contributed by atoms with Gasteiger partial charge in [0.2, 0.25) is 0 Å². The minimum atomic E-state index is 0.127. The zero-order valence-electron chi connectivity index (χ0n) is 12.4. The van der Waals surface area contributed by atoms with Crippen LogP contribution in [0.25, 0.3) is 5.69 Å². The first-order valence-electron chi connectivity index (χ1n) is 7.16. The van der Waals surface area contributed by atoms with Crippen LogP contribution in [0.2, 0.25) is 0 Å². The molecule has 0 radical (unpaired) electrons. The minimum Gasteiger partial charge on any atom is -0.329 e. The lowest BCUT2D eigenvalue weighted by Crippen LogP contribution is -2.34. The maximum atomic E-state index is 12.4. The van der Waals surface area contributed by atoms with Gasteiger partial charge in [-0.25, -0.2) is 4.68 Å². The van der Waals surface area contributed by atoms with Crippen LogP contribution in [0.15, 0.2) is 30.3 Å². The third-order valence-corrected chi connectivity index (χ3v) is 4.69. The summed E-state index contributed by atoms with van der Waals surface area (Å²) < 4.78 is 1.90. The maximum Gasteiger partial charge on any atom is 0.254 e. The smallest absolute Gasteiger partial charge is 0.254 e. The normalized spacial score (nSPS) is 15.2. The van der Waals surface area contributed by atoms with Crippen LogP contribution in [0.3, 0.4) is 0 Å². The number of carbonyl (C=O) groups excluding carboxylic acids is 1. The van der Waals surface area contributed by atoms with Crippen molar-refractivity contribution in [3.05, 3.63) is 47.3 Å². The molecule has 0 bridgehead atoms. The van der Waals surface area contributed by atoms with Crippen LogP contribution >= 0.6 is 11.8 Å². The Morgan fingerprint density at radius 2 is 2.00 bits per heavy atom. The Morgan fingerprint density at radius 3 is 2.57 bits per heavy atom. The lowest BCUT2D eigenvalue weighted by Gasteiger charge is -2.26. The van der Waals surface area contributed by atoms with Crippen LogP contribution in [0.5, 0.6) is 0 Å². The van der Waals surface area contributed by atoms with Crippen LogP contribution in [0.1, 0.15) is 28.2 Å². The molecule has 2 aromatic rings. The summed E-state index contributed by atoms with van der Waals surface area (Å²) in [7, 11) is 0. The molecular weight excluding hydrogens is 282 g/mol. The van der Waals surface area contributed by atoms with Gasteiger partial charge in [-0.3, -0.25) is 4.79 Å². The van der Waals surface area contributed by atoms with E-state index in [2.05, 4.69) is 5.10 Å². The number of aromatic nitrogens is 2. The Balaban J connectivity index is 1.80. The topological polar surface area (TPSA) is 38.1 Å². The molecule has 0 N–H and O–H groups in total. The largest absolute Gasteiger partial charge is 0.329 e. The van der Waals surface area contributed by atoms with Gasteiger partial charge in [0.05, 0.1) is 17.3 Å². The molecule has 110 valence electrons. The van der Waals surface area contributed by atoms with Crippen molar-refractivity contribution in [1.29, 1.82) is 0 Å². The summed E-state index contributed by atoms with van der Waals surface area (Å²) in [5, 5.41) is 4.46. The fourth-order valence-electron chi connectivity index (χ4n) is 2.58. The second-order valence-electron chi connectivity index (χ2n) is 5.35. The summed E-state index contributed by atoms with van der Waals surface area (Å²) >= 11 is 1.82. The van der Waals surface area contributed by atoms with E-state index in [1.54, 1.807) is 0 Å². The third kappa shape index (κ3) is 2.97. The van der Waals surface area contributed by atoms with Crippen LogP contribution in [-0.4, -0.2) is 38.8 Å². The number of hydrogen-bond donors (Lipinski definition) is 0. The lowest BCUT2D eigenvalue weighted by atomic mass is 10.2. The first-order chi connectivity index (χ1) is 10.1. The summed E-state index contributed by atoms with van der Waals surface area (Å²) in [6.07, 6.45) is 1.08. The molecule has 1 amide bonds. The molecule has 0 aliphatic carbocycles. The van der Waals surface area contributed by atoms with Gasteiger partial charge in [0, 0.05) is 17.8 Å². The molecule has 21 heavy (non-hydrogen) atoms. The van der Waals surface area contributed by atoms with E-state index in [9.17, 15) is 4.79 Å². The molecule has 0 spiro atoms. The molecule has 1 aliphatic heterocycles. The molecule has 1 aromatic carbocycles. The minimum absolute atomic E-state index is 0.127. The van der Waals surface area contributed by atoms with Gasteiger partial charge in [0.1, 0.15) is 0 Å². The second kappa shape index (κ2) is 5.93. The molecule has 5 heteroatoms. The zero-order chi connectivity index (χ0) is 14.8. The summed E-state index contributed by atoms with van der Waals surface area (Å²) in [4.78, 5) is 14.3. The summed E-state index contributed by atoms with van der Waals surface area (Å²) in [6.45, 7) is 4.88. The second-order valence-corrected chi connectivity index (χ2v) is 6.42.